The maximum Gasteiger partial charge on any atom is 0.253 e. The molecule has 6 nitrogen and oxygen atoms in total. The van der Waals surface area contributed by atoms with E-state index in [0.29, 0.717) is 24.8 Å². The summed E-state index contributed by atoms with van der Waals surface area (Å²) in [6.45, 7) is 3.61. The molecule has 0 aliphatic carbocycles. The minimum Gasteiger partial charge on any atom is -0.492 e. The topological polar surface area (TPSA) is 62.8 Å². The molecule has 1 aliphatic heterocycles. The number of amides is 1. The molecule has 6 heteroatoms. The lowest BCUT2D eigenvalue weighted by Crippen LogP contribution is -2.38. The summed E-state index contributed by atoms with van der Waals surface area (Å²) >= 11 is 0. The number of nitrogens with zero attached hydrogens (tertiary/aromatic N) is 1. The van der Waals surface area contributed by atoms with Gasteiger partial charge in [-0.25, -0.2) is 0 Å². The highest BCUT2D eigenvalue weighted by atomic mass is 16.5. The molecule has 2 N–H and O–H groups in total. The van der Waals surface area contributed by atoms with Crippen molar-refractivity contribution in [3.8, 4) is 5.75 Å². The van der Waals surface area contributed by atoms with E-state index in [0.717, 1.165) is 55.3 Å². The van der Waals surface area contributed by atoms with E-state index in [2.05, 4.69) is 22.6 Å². The van der Waals surface area contributed by atoms with Gasteiger partial charge in [0.15, 0.2) is 0 Å². The number of likely N-dealkylation sites (N-methyl/N-ethyl adjacent to an activating group) is 1. The number of carbonyl (C=O) groups excluding carboxylic acids is 1. The third kappa shape index (κ3) is 6.83. The number of carbonyl (C=O) groups is 1. The first kappa shape index (κ1) is 23.8. The van der Waals surface area contributed by atoms with Gasteiger partial charge in [-0.3, -0.25) is 9.69 Å². The molecular weight excluding hydrogens is 426 g/mol. The van der Waals surface area contributed by atoms with Gasteiger partial charge in [0.2, 0.25) is 0 Å². The maximum absolute atomic E-state index is 12.9. The second kappa shape index (κ2) is 12.2. The van der Waals surface area contributed by atoms with Gasteiger partial charge in [0.05, 0.1) is 11.3 Å². The Labute approximate surface area is 201 Å². The monoisotopic (exact) mass is 459 g/mol. The molecule has 3 aromatic carbocycles. The van der Waals surface area contributed by atoms with Gasteiger partial charge in [0.25, 0.3) is 5.91 Å². The maximum atomic E-state index is 12.9. The summed E-state index contributed by atoms with van der Waals surface area (Å²) < 4.78 is 11.4. The van der Waals surface area contributed by atoms with Gasteiger partial charge in [0.1, 0.15) is 12.4 Å². The van der Waals surface area contributed by atoms with E-state index >= 15 is 0 Å². The minimum atomic E-state index is -0.122. The van der Waals surface area contributed by atoms with Crippen molar-refractivity contribution in [2.45, 2.75) is 25.4 Å². The van der Waals surface area contributed by atoms with Crippen molar-refractivity contribution in [3.63, 3.8) is 0 Å². The lowest BCUT2D eigenvalue weighted by Gasteiger charge is -2.31. The van der Waals surface area contributed by atoms with Crippen LogP contribution in [-0.4, -0.2) is 50.3 Å². The zero-order valence-electron chi connectivity index (χ0n) is 19.7. The number of nitrogens with one attached hydrogen (secondary N) is 2. The van der Waals surface area contributed by atoms with Crippen molar-refractivity contribution in [1.29, 1.82) is 0 Å². The molecule has 34 heavy (non-hydrogen) atoms. The van der Waals surface area contributed by atoms with E-state index in [9.17, 15) is 4.79 Å². The van der Waals surface area contributed by atoms with E-state index in [4.69, 9.17) is 9.47 Å². The van der Waals surface area contributed by atoms with E-state index in [1.165, 1.54) is 0 Å². The van der Waals surface area contributed by atoms with Gasteiger partial charge in [-0.2, -0.15) is 0 Å². The first-order valence-corrected chi connectivity index (χ1v) is 11.9. The number of hydrogen-bond donors (Lipinski definition) is 2. The van der Waals surface area contributed by atoms with Crippen molar-refractivity contribution in [2.24, 2.45) is 0 Å². The van der Waals surface area contributed by atoms with E-state index in [1.54, 1.807) is 0 Å². The highest BCUT2D eigenvalue weighted by Crippen LogP contribution is 2.21. The lowest BCUT2D eigenvalue weighted by atomic mass is 10.1. The highest BCUT2D eigenvalue weighted by molar-refractivity contribution is 6.00. The summed E-state index contributed by atoms with van der Waals surface area (Å²) in [6.07, 6.45) is 2.16. The largest absolute Gasteiger partial charge is 0.492 e. The molecule has 4 rings (SSSR count). The Morgan fingerprint density at radius 1 is 1.00 bits per heavy atom. The number of benzene rings is 3. The molecule has 0 radical (unpaired) electrons. The number of ether oxygens (including phenoxy) is 2. The molecule has 1 amide bonds. The second-order valence-electron chi connectivity index (χ2n) is 8.54. The first-order chi connectivity index (χ1) is 16.7. The van der Waals surface area contributed by atoms with E-state index in [1.807, 2.05) is 78.9 Å². The molecule has 1 aliphatic rings. The molecule has 0 unspecified atom stereocenters. The number of anilines is 2. The van der Waals surface area contributed by atoms with Crippen molar-refractivity contribution < 1.29 is 14.3 Å². The lowest BCUT2D eigenvalue weighted by molar-refractivity contribution is 0.0392. The van der Waals surface area contributed by atoms with Crippen LogP contribution in [-0.2, 0) is 11.3 Å². The number of hydrogen-bond acceptors (Lipinski definition) is 5. The second-order valence-corrected chi connectivity index (χ2v) is 8.54. The predicted octanol–water partition coefficient (Wildman–Crippen LogP) is 4.85. The molecule has 0 aromatic heterocycles. The minimum absolute atomic E-state index is 0.122. The Bertz CT molecular complexity index is 1050. The summed E-state index contributed by atoms with van der Waals surface area (Å²) in [5.41, 5.74) is 3.32. The van der Waals surface area contributed by atoms with Crippen LogP contribution in [0.4, 0.5) is 11.4 Å². The van der Waals surface area contributed by atoms with Crippen LogP contribution < -0.4 is 15.4 Å². The quantitative estimate of drug-likeness (QED) is 0.454. The molecule has 0 spiro atoms. The normalized spacial score (nSPS) is 14.1. The fourth-order valence-electron chi connectivity index (χ4n) is 4.11. The van der Waals surface area contributed by atoms with Crippen LogP contribution in [0.3, 0.4) is 0 Å². The van der Waals surface area contributed by atoms with Crippen molar-refractivity contribution in [2.75, 3.05) is 38.7 Å². The predicted molar refractivity (Wildman–Crippen MR) is 136 cm³/mol. The number of para-hydroxylation sites is 2. The van der Waals surface area contributed by atoms with Crippen LogP contribution >= 0.6 is 0 Å². The molecular formula is C28H33N3O3. The third-order valence-electron chi connectivity index (χ3n) is 6.10. The molecule has 1 fully saturated rings. The zero-order chi connectivity index (χ0) is 23.6. The zero-order valence-corrected chi connectivity index (χ0v) is 19.7. The smallest absolute Gasteiger partial charge is 0.253 e. The van der Waals surface area contributed by atoms with Crippen LogP contribution in [0.25, 0.3) is 0 Å². The fraction of sp³-hybridized carbons (Fsp3) is 0.321. The van der Waals surface area contributed by atoms with Gasteiger partial charge in [0, 0.05) is 38.0 Å². The Kier molecular flexibility index (Phi) is 8.54. The summed E-state index contributed by atoms with van der Waals surface area (Å²) in [5, 5.41) is 6.36. The standard InChI is InChI=1S/C28H33N3O3/c1-31(24-14-17-33-18-15-24)16-19-34-25-11-7-8-22(20-25)21-29-28(32)26-12-5-6-13-27(26)30-23-9-3-2-4-10-23/h2-13,20,24,30H,14-19,21H2,1H3,(H,29,32). The van der Waals surface area contributed by atoms with Crippen LogP contribution in [0.15, 0.2) is 78.9 Å². The third-order valence-corrected chi connectivity index (χ3v) is 6.10. The van der Waals surface area contributed by atoms with Crippen molar-refractivity contribution in [3.05, 3.63) is 90.0 Å². The molecule has 0 saturated carbocycles. The highest BCUT2D eigenvalue weighted by Gasteiger charge is 2.18. The van der Waals surface area contributed by atoms with Gasteiger partial charge in [-0.1, -0.05) is 42.5 Å². The summed E-state index contributed by atoms with van der Waals surface area (Å²) in [7, 11) is 2.15. The van der Waals surface area contributed by atoms with Gasteiger partial charge in [-0.15, -0.1) is 0 Å². The van der Waals surface area contributed by atoms with E-state index < -0.39 is 0 Å². The van der Waals surface area contributed by atoms with E-state index in [-0.39, 0.29) is 5.91 Å². The molecule has 0 atom stereocenters. The molecule has 1 saturated heterocycles. The van der Waals surface area contributed by atoms with Crippen LogP contribution in [0.5, 0.6) is 5.75 Å². The molecule has 1 heterocycles. The van der Waals surface area contributed by atoms with Crippen molar-refractivity contribution >= 4 is 17.3 Å². The van der Waals surface area contributed by atoms with Gasteiger partial charge >= 0.3 is 0 Å². The summed E-state index contributed by atoms with van der Waals surface area (Å²) in [4.78, 5) is 15.3. The van der Waals surface area contributed by atoms with Gasteiger partial charge < -0.3 is 20.1 Å². The average molecular weight is 460 g/mol. The fourth-order valence-corrected chi connectivity index (χ4v) is 4.11. The Balaban J connectivity index is 1.29. The molecule has 0 bridgehead atoms. The Morgan fingerprint density at radius 2 is 1.76 bits per heavy atom. The first-order valence-electron chi connectivity index (χ1n) is 11.9. The average Bonchev–Trinajstić information content (AvgIpc) is 2.89. The summed E-state index contributed by atoms with van der Waals surface area (Å²) in [6, 6.07) is 25.8. The Hall–Kier alpha value is -3.35. The van der Waals surface area contributed by atoms with Crippen LogP contribution in [0.1, 0.15) is 28.8 Å². The summed E-state index contributed by atoms with van der Waals surface area (Å²) in [5.74, 6) is 0.696. The van der Waals surface area contributed by atoms with Crippen molar-refractivity contribution in [1.82, 2.24) is 10.2 Å². The SMILES string of the molecule is CN(CCOc1cccc(CNC(=O)c2ccccc2Nc2ccccc2)c1)C1CCOCC1. The molecule has 3 aromatic rings. The Morgan fingerprint density at radius 3 is 2.59 bits per heavy atom. The van der Waals surface area contributed by atoms with Crippen LogP contribution in [0.2, 0.25) is 0 Å². The number of rotatable bonds is 10. The molecule has 178 valence electrons. The van der Waals surface area contributed by atoms with Crippen LogP contribution in [0, 0.1) is 0 Å². The van der Waals surface area contributed by atoms with Gasteiger partial charge in [-0.05, 0) is 61.9 Å².